The quantitative estimate of drug-likeness (QED) is 0.399. The van der Waals surface area contributed by atoms with Crippen molar-refractivity contribution in [3.05, 3.63) is 64.2 Å². The zero-order chi connectivity index (χ0) is 17.9. The molecule has 1 saturated carbocycles. The summed E-state index contributed by atoms with van der Waals surface area (Å²) in [4.78, 5) is 4.11. The van der Waals surface area contributed by atoms with Gasteiger partial charge in [-0.25, -0.2) is 4.98 Å². The molecule has 0 saturated heterocycles. The molecule has 3 aromatic rings. The van der Waals surface area contributed by atoms with Gasteiger partial charge in [-0.15, -0.1) is 10.2 Å². The molecule has 134 valence electrons. The lowest BCUT2D eigenvalue weighted by Gasteiger charge is -2.10. The van der Waals surface area contributed by atoms with Crippen LogP contribution in [0.1, 0.15) is 30.3 Å². The molecule has 2 aromatic heterocycles. The van der Waals surface area contributed by atoms with Gasteiger partial charge >= 0.3 is 0 Å². The third-order valence-corrected chi connectivity index (χ3v) is 5.55. The third kappa shape index (κ3) is 4.14. The average molecular weight is 407 g/mol. The van der Waals surface area contributed by atoms with Gasteiger partial charge in [-0.2, -0.15) is 0 Å². The molecule has 0 atom stereocenters. The molecule has 1 aliphatic rings. The summed E-state index contributed by atoms with van der Waals surface area (Å²) in [7, 11) is 0. The van der Waals surface area contributed by atoms with Crippen molar-refractivity contribution in [2.75, 3.05) is 0 Å². The van der Waals surface area contributed by atoms with Crippen molar-refractivity contribution in [3.63, 3.8) is 0 Å². The van der Waals surface area contributed by atoms with Gasteiger partial charge in [-0.1, -0.05) is 53.2 Å². The van der Waals surface area contributed by atoms with Crippen molar-refractivity contribution in [2.24, 2.45) is 0 Å². The molecule has 0 spiro atoms. The number of halogens is 2. The lowest BCUT2D eigenvalue weighted by atomic mass is 10.3. The van der Waals surface area contributed by atoms with Crippen LogP contribution in [-0.2, 0) is 12.4 Å². The molecule has 0 N–H and O–H groups in total. The Morgan fingerprint density at radius 1 is 1.12 bits per heavy atom. The van der Waals surface area contributed by atoms with Crippen molar-refractivity contribution in [1.29, 1.82) is 0 Å². The molecule has 8 heteroatoms. The van der Waals surface area contributed by atoms with Gasteiger partial charge in [0, 0.05) is 18.0 Å². The van der Waals surface area contributed by atoms with Gasteiger partial charge < -0.3 is 4.74 Å². The number of benzene rings is 1. The van der Waals surface area contributed by atoms with E-state index in [1.165, 1.54) is 0 Å². The summed E-state index contributed by atoms with van der Waals surface area (Å²) in [5.41, 5.74) is 1.10. The fourth-order valence-electron chi connectivity index (χ4n) is 2.55. The smallest absolute Gasteiger partial charge is 0.191 e. The molecule has 0 radical (unpaired) electrons. The number of aromatic nitrogens is 4. The van der Waals surface area contributed by atoms with Gasteiger partial charge in [-0.05, 0) is 36.6 Å². The van der Waals surface area contributed by atoms with Crippen molar-refractivity contribution < 1.29 is 4.74 Å². The van der Waals surface area contributed by atoms with Crippen LogP contribution < -0.4 is 4.74 Å². The third-order valence-electron chi connectivity index (χ3n) is 4.00. The van der Waals surface area contributed by atoms with Crippen LogP contribution >= 0.6 is 35.0 Å². The van der Waals surface area contributed by atoms with Gasteiger partial charge in [0.1, 0.15) is 17.5 Å². The number of thioether (sulfide) groups is 1. The minimum atomic E-state index is 0.344. The summed E-state index contributed by atoms with van der Waals surface area (Å²) in [5.74, 6) is 2.24. The van der Waals surface area contributed by atoms with Crippen LogP contribution in [0.15, 0.2) is 47.8 Å². The van der Waals surface area contributed by atoms with Gasteiger partial charge in [0.25, 0.3) is 0 Å². The topological polar surface area (TPSA) is 52.8 Å². The minimum absolute atomic E-state index is 0.344. The van der Waals surface area contributed by atoms with Crippen LogP contribution in [0.5, 0.6) is 5.75 Å². The Labute approximate surface area is 165 Å². The van der Waals surface area contributed by atoms with Gasteiger partial charge in [0.2, 0.25) is 0 Å². The first kappa shape index (κ1) is 17.6. The van der Waals surface area contributed by atoms with Crippen LogP contribution in [0.3, 0.4) is 0 Å². The number of hydrogen-bond donors (Lipinski definition) is 0. The summed E-state index contributed by atoms with van der Waals surface area (Å²) in [6.07, 6.45) is 4.08. The Morgan fingerprint density at radius 2 is 1.96 bits per heavy atom. The lowest BCUT2D eigenvalue weighted by Crippen LogP contribution is -2.07. The summed E-state index contributed by atoms with van der Waals surface area (Å²) < 4.78 is 8.03. The zero-order valence-electron chi connectivity index (χ0n) is 13.8. The lowest BCUT2D eigenvalue weighted by molar-refractivity contribution is 0.288. The van der Waals surface area contributed by atoms with E-state index in [9.17, 15) is 0 Å². The molecule has 2 heterocycles. The first-order valence-corrected chi connectivity index (χ1v) is 9.99. The first-order valence-electron chi connectivity index (χ1n) is 8.25. The highest BCUT2D eigenvalue weighted by atomic mass is 35.5. The van der Waals surface area contributed by atoms with Crippen molar-refractivity contribution in [2.45, 2.75) is 36.4 Å². The monoisotopic (exact) mass is 406 g/mol. The van der Waals surface area contributed by atoms with E-state index in [1.807, 2.05) is 30.3 Å². The summed E-state index contributed by atoms with van der Waals surface area (Å²) in [6, 6.07) is 11.7. The van der Waals surface area contributed by atoms with E-state index >= 15 is 0 Å². The Hall–Kier alpha value is -1.76. The fraction of sp³-hybridized carbons (Fsp3) is 0.278. The number of para-hydroxylation sites is 1. The summed E-state index contributed by atoms with van der Waals surface area (Å²) in [5, 5.41) is 10.7. The predicted octanol–water partition coefficient (Wildman–Crippen LogP) is 5.19. The maximum atomic E-state index is 6.15. The Morgan fingerprint density at radius 3 is 2.69 bits per heavy atom. The maximum absolute atomic E-state index is 6.15. The summed E-state index contributed by atoms with van der Waals surface area (Å²) in [6.45, 7) is 0.344. The first-order chi connectivity index (χ1) is 12.7. The molecule has 26 heavy (non-hydrogen) atoms. The zero-order valence-corrected chi connectivity index (χ0v) is 16.1. The molecule has 0 bridgehead atoms. The van der Waals surface area contributed by atoms with Crippen LogP contribution in [0.25, 0.3) is 0 Å². The fourth-order valence-corrected chi connectivity index (χ4v) is 3.81. The molecule has 0 aliphatic heterocycles. The molecule has 4 rings (SSSR count). The Balaban J connectivity index is 1.46. The number of hydrogen-bond acceptors (Lipinski definition) is 5. The molecular formula is C18H16Cl2N4OS. The van der Waals surface area contributed by atoms with Gasteiger partial charge in [0.15, 0.2) is 11.0 Å². The van der Waals surface area contributed by atoms with Gasteiger partial charge in [-0.3, -0.25) is 4.57 Å². The van der Waals surface area contributed by atoms with E-state index in [0.29, 0.717) is 28.6 Å². The normalized spacial score (nSPS) is 13.8. The molecule has 5 nitrogen and oxygen atoms in total. The van der Waals surface area contributed by atoms with E-state index in [0.717, 1.165) is 35.1 Å². The highest BCUT2D eigenvalue weighted by Crippen LogP contribution is 2.39. The van der Waals surface area contributed by atoms with E-state index in [-0.39, 0.29) is 0 Å². The maximum Gasteiger partial charge on any atom is 0.191 e. The molecule has 1 fully saturated rings. The van der Waals surface area contributed by atoms with E-state index in [4.69, 9.17) is 27.9 Å². The van der Waals surface area contributed by atoms with Crippen molar-refractivity contribution >= 4 is 35.0 Å². The van der Waals surface area contributed by atoms with Gasteiger partial charge in [0.05, 0.1) is 5.02 Å². The van der Waals surface area contributed by atoms with Crippen LogP contribution in [0, 0.1) is 0 Å². The number of ether oxygens (including phenoxy) is 1. The van der Waals surface area contributed by atoms with E-state index in [1.54, 1.807) is 24.0 Å². The van der Waals surface area contributed by atoms with Crippen LogP contribution in [0.2, 0.25) is 10.2 Å². The average Bonchev–Trinajstić information content (AvgIpc) is 3.41. The largest absolute Gasteiger partial charge is 0.484 e. The van der Waals surface area contributed by atoms with Crippen molar-refractivity contribution in [1.82, 2.24) is 19.7 Å². The molecule has 1 aliphatic carbocycles. The SMILES string of the molecule is Clc1ccc(CSc2nnc(COc3ccccc3Cl)n2C2CC2)cn1. The Bertz CT molecular complexity index is 896. The standard InChI is InChI=1S/C18H16Cl2N4OS/c19-14-3-1-2-4-15(14)25-10-17-22-23-18(24(17)13-6-7-13)26-11-12-5-8-16(20)21-9-12/h1-5,8-9,13H,6-7,10-11H2. The molecular weight excluding hydrogens is 391 g/mol. The molecule has 1 aromatic carbocycles. The van der Waals surface area contributed by atoms with E-state index in [2.05, 4.69) is 19.7 Å². The second-order valence-corrected chi connectivity index (χ2v) is 7.73. The Kier molecular flexibility index (Phi) is 5.33. The minimum Gasteiger partial charge on any atom is -0.484 e. The predicted molar refractivity (Wildman–Crippen MR) is 103 cm³/mol. The summed E-state index contributed by atoms with van der Waals surface area (Å²) >= 11 is 13.6. The van der Waals surface area contributed by atoms with Crippen molar-refractivity contribution in [3.8, 4) is 5.75 Å². The highest BCUT2D eigenvalue weighted by Gasteiger charge is 2.29. The van der Waals surface area contributed by atoms with E-state index < -0.39 is 0 Å². The highest BCUT2D eigenvalue weighted by molar-refractivity contribution is 7.98. The number of rotatable bonds is 7. The molecule has 0 amide bonds. The van der Waals surface area contributed by atoms with Crippen LogP contribution in [0.4, 0.5) is 0 Å². The number of nitrogens with zero attached hydrogens (tertiary/aromatic N) is 4. The number of pyridine rings is 1. The molecule has 0 unspecified atom stereocenters. The second kappa shape index (κ2) is 7.86. The van der Waals surface area contributed by atoms with Crippen LogP contribution in [-0.4, -0.2) is 19.7 Å². The second-order valence-electron chi connectivity index (χ2n) is 6.00.